The summed E-state index contributed by atoms with van der Waals surface area (Å²) in [5.74, 6) is 11.6. The first kappa shape index (κ1) is 87.9. The lowest BCUT2D eigenvalue weighted by molar-refractivity contribution is 0.466. The van der Waals surface area contributed by atoms with Crippen molar-refractivity contribution < 1.29 is 35.3 Å². The Morgan fingerprint density at radius 2 is 0.604 bits per heavy atom. The quantitative estimate of drug-likeness (QED) is 0.0396. The van der Waals surface area contributed by atoms with Gasteiger partial charge in [-0.2, -0.15) is 0 Å². The third kappa shape index (κ3) is 20.5. The number of hydrogen-bond acceptors (Lipinski definition) is 16. The number of fused-ring (bicyclic) bond motifs is 8. The minimum absolute atomic E-state index is 0.389. The number of para-hydroxylation sites is 8. The van der Waals surface area contributed by atoms with Gasteiger partial charge in [0.15, 0.2) is 99.4 Å². The molecule has 0 radical (unpaired) electrons. The lowest BCUT2D eigenvalue weighted by Gasteiger charge is -1.98. The number of hydrogen-bond donors (Lipinski definition) is 8. The number of H-pyrrole nitrogens is 8. The van der Waals surface area contributed by atoms with Gasteiger partial charge in [-0.25, -0.2) is 39.9 Å². The number of aryl methyl sites for hydroxylation is 4. The molecule has 0 aliphatic heterocycles. The van der Waals surface area contributed by atoms with Crippen LogP contribution in [0.5, 0.6) is 0 Å². The maximum absolute atomic E-state index is 5.91. The molecule has 134 heavy (non-hydrogen) atoms. The average molecular weight is 1790 g/mol. The Morgan fingerprint density at radius 3 is 0.940 bits per heavy atom. The second-order valence-corrected chi connectivity index (χ2v) is 32.5. The zero-order valence-corrected chi connectivity index (χ0v) is 75.4. The second-order valence-electron chi connectivity index (χ2n) is 32.1. The summed E-state index contributed by atoms with van der Waals surface area (Å²) in [6, 6.07) is 75.4. The van der Waals surface area contributed by atoms with Gasteiger partial charge in [-0.15, -0.1) is 0 Å². The monoisotopic (exact) mass is 1790 g/mol. The van der Waals surface area contributed by atoms with E-state index in [1.807, 2.05) is 215 Å². The zero-order chi connectivity index (χ0) is 91.5. The molecule has 25 rings (SSSR count). The lowest BCUT2D eigenvalue weighted by atomic mass is 10.1. The van der Waals surface area contributed by atoms with Crippen LogP contribution >= 0.6 is 11.6 Å². The summed E-state index contributed by atoms with van der Waals surface area (Å²) in [4.78, 5) is 59.2. The largest absolute Gasteiger partial charge is 0.443 e. The van der Waals surface area contributed by atoms with E-state index in [-0.39, 0.29) is 0 Å². The Morgan fingerprint density at radius 1 is 0.291 bits per heavy atom. The summed E-state index contributed by atoms with van der Waals surface area (Å²) >= 11 is 5.91. The highest BCUT2D eigenvalue weighted by molar-refractivity contribution is 6.32. The van der Waals surface area contributed by atoms with E-state index in [0.29, 0.717) is 29.1 Å². The number of nitrogens with one attached hydrogen (secondary N) is 8. The Bertz CT molecular complexity index is 8020. The van der Waals surface area contributed by atoms with Crippen LogP contribution in [0.1, 0.15) is 94.8 Å². The molecule has 668 valence electrons. The maximum Gasteiger partial charge on any atom is 0.199 e. The van der Waals surface area contributed by atoms with Crippen molar-refractivity contribution in [3.63, 3.8) is 0 Å². The standard InChI is InChI=1S/C18H14N2O.2C15H16N2O.C14H14N2O.C13H12N2O.C12H10N2O.C11H7ClN2O.C11H8N2O/c1-2-6-13(7-3-1)10-18-20-12-17(21-18)15-11-19-16-9-5-4-8-14(15)16;1-10(2)7-15-17-9-14(18-15)12-8-16-13-6-4-3-5-11(12)13;1-2-3-8-15-17-10-14(18-15)12-9-16-13-7-5-4-6-11(12)13;1-2-5-14-16-9-13(17-14)11-8-15-12-7-4-3-6-10(11)12;1-2-13-15-8-12(16-13)10-7-14-11-6-4-3-5-9(10)11;1-8-13-7-12(15-8)10-6-14-11-5-3-2-4-9(10)11;12-11-10(15-6-14-11)8-5-13-9-4-2-1-3-7(8)9;1-2-4-10-8(3-1)9(5-13-10)11-6-12-7-14-11/h1-9,11-12,19H,10H2;3-6,8-10,16H,7H2,1-2H3;4-7,9-10,16H,2-3,8H2,1H3;3-4,6-9,15H,2,5H2,1H3;3-8,14H,2H2,1H3;2-7,14H,1H3;1-6,13H;1-7,13H. The SMILES string of the molecule is CC(C)Cc1ncc(-c2c[nH]c3ccccc23)o1.CCCCc1ncc(-c2c[nH]c3ccccc23)o1.CCCc1ncc(-c2c[nH]c3ccccc23)o1.CCc1ncc(-c2c[nH]c3ccccc23)o1.Cc1ncc(-c2c[nH]c3ccccc23)o1.Clc1ncoc1-c1c[nH]c2ccccc12.c1ccc(Cc2ncc(-c3c[nH]c4ccccc34)o2)cc1.c1ccc2c(-c3cnco3)c[nH]c2c1. The van der Waals surface area contributed by atoms with Crippen molar-refractivity contribution in [2.45, 2.75) is 92.9 Å². The van der Waals surface area contributed by atoms with Crippen LogP contribution in [0.25, 0.3) is 178 Å². The molecule has 0 saturated carbocycles. The van der Waals surface area contributed by atoms with Crippen molar-refractivity contribution in [3.05, 3.63) is 376 Å². The maximum atomic E-state index is 5.91. The van der Waals surface area contributed by atoms with Crippen molar-refractivity contribution in [3.8, 4) is 90.6 Å². The summed E-state index contributed by atoms with van der Waals surface area (Å²) in [6.07, 6.45) is 38.4. The number of unbranched alkanes of at least 4 members (excludes halogenated alkanes) is 1. The van der Waals surface area contributed by atoms with Gasteiger partial charge in [0.25, 0.3) is 0 Å². The Kier molecular flexibility index (Phi) is 27.4. The minimum atomic E-state index is 0.389. The van der Waals surface area contributed by atoms with E-state index >= 15 is 0 Å². The fourth-order valence-corrected chi connectivity index (χ4v) is 16.0. The van der Waals surface area contributed by atoms with E-state index in [9.17, 15) is 0 Å². The van der Waals surface area contributed by atoms with E-state index in [4.69, 9.17) is 46.9 Å². The van der Waals surface area contributed by atoms with Crippen LogP contribution < -0.4 is 0 Å². The van der Waals surface area contributed by atoms with Crippen LogP contribution in [0, 0.1) is 12.8 Å². The minimum Gasteiger partial charge on any atom is -0.443 e. The van der Waals surface area contributed by atoms with Gasteiger partial charge < -0.3 is 75.2 Å². The smallest absolute Gasteiger partial charge is 0.199 e. The first-order chi connectivity index (χ1) is 65.9. The fraction of sp³-hybridized carbons (Fsp3) is 0.138. The highest BCUT2D eigenvalue weighted by Gasteiger charge is 2.20. The number of benzene rings is 9. The van der Waals surface area contributed by atoms with Crippen LogP contribution in [-0.4, -0.2) is 79.7 Å². The highest BCUT2D eigenvalue weighted by atomic mass is 35.5. The van der Waals surface area contributed by atoms with Crippen LogP contribution in [0.4, 0.5) is 0 Å². The second kappa shape index (κ2) is 41.8. The molecule has 8 N–H and O–H groups in total. The summed E-state index contributed by atoms with van der Waals surface area (Å²) in [6.45, 7) is 12.5. The van der Waals surface area contributed by atoms with Gasteiger partial charge in [-0.3, -0.25) is 0 Å². The molecule has 0 atom stereocenters. The normalized spacial score (nSPS) is 11.1. The third-order valence-electron chi connectivity index (χ3n) is 22.5. The summed E-state index contributed by atoms with van der Waals surface area (Å²) < 4.78 is 44.9. The molecule has 0 saturated heterocycles. The van der Waals surface area contributed by atoms with Crippen molar-refractivity contribution in [2.24, 2.45) is 5.92 Å². The van der Waals surface area contributed by atoms with E-state index in [1.54, 1.807) is 31.0 Å². The number of oxazole rings is 8. The lowest BCUT2D eigenvalue weighted by Crippen LogP contribution is -1.92. The molecule has 0 aliphatic carbocycles. The molecular weight excluding hydrogens is 1700 g/mol. The number of aromatic nitrogens is 16. The van der Waals surface area contributed by atoms with E-state index in [0.717, 1.165) is 225 Å². The highest BCUT2D eigenvalue weighted by Crippen LogP contribution is 2.38. The first-order valence-electron chi connectivity index (χ1n) is 44.6. The molecule has 0 unspecified atom stereocenters. The number of halogens is 1. The Labute approximate surface area is 774 Å². The molecule has 16 heterocycles. The van der Waals surface area contributed by atoms with Gasteiger partial charge in [0, 0.05) is 220 Å². The van der Waals surface area contributed by atoms with Gasteiger partial charge in [-0.05, 0) is 72.9 Å². The zero-order valence-electron chi connectivity index (χ0n) is 74.6. The van der Waals surface area contributed by atoms with E-state index in [2.05, 4.69) is 192 Å². The van der Waals surface area contributed by atoms with Crippen LogP contribution in [0.15, 0.2) is 366 Å². The van der Waals surface area contributed by atoms with Gasteiger partial charge >= 0.3 is 0 Å². The predicted octanol–water partition coefficient (Wildman–Crippen LogP) is 29.2. The number of nitrogens with zero attached hydrogens (tertiary/aromatic N) is 8. The van der Waals surface area contributed by atoms with Crippen molar-refractivity contribution in [1.29, 1.82) is 0 Å². The molecule has 24 nitrogen and oxygen atoms in total. The van der Waals surface area contributed by atoms with Crippen molar-refractivity contribution in [1.82, 2.24) is 79.7 Å². The topological polar surface area (TPSA) is 335 Å². The number of aromatic amines is 8. The van der Waals surface area contributed by atoms with Crippen LogP contribution in [0.2, 0.25) is 5.15 Å². The van der Waals surface area contributed by atoms with Gasteiger partial charge in [-0.1, -0.05) is 229 Å². The van der Waals surface area contributed by atoms with Crippen molar-refractivity contribution >= 4 is 98.8 Å². The molecule has 0 spiro atoms. The molecule has 0 bridgehead atoms. The Hall–Kier alpha value is -16.7. The van der Waals surface area contributed by atoms with E-state index in [1.165, 1.54) is 39.9 Å². The molecule has 0 fully saturated rings. The molecule has 9 aromatic carbocycles. The van der Waals surface area contributed by atoms with Crippen molar-refractivity contribution in [2.75, 3.05) is 0 Å². The molecular formula is C109H97ClN16O8. The molecule has 16 aromatic heterocycles. The van der Waals surface area contributed by atoms with Gasteiger partial charge in [0.2, 0.25) is 0 Å². The molecule has 25 aromatic rings. The van der Waals surface area contributed by atoms with Gasteiger partial charge in [0.1, 0.15) is 0 Å². The molecule has 0 amide bonds. The Balaban J connectivity index is 0.000000103. The first-order valence-corrected chi connectivity index (χ1v) is 45.0. The molecule has 0 aliphatic rings. The number of rotatable bonds is 18. The van der Waals surface area contributed by atoms with Crippen LogP contribution in [-0.2, 0) is 32.1 Å². The summed E-state index contributed by atoms with van der Waals surface area (Å²) in [5, 5.41) is 9.63. The third-order valence-corrected chi connectivity index (χ3v) is 22.7. The van der Waals surface area contributed by atoms with Gasteiger partial charge in [0.05, 0.1) is 43.4 Å². The summed E-state index contributed by atoms with van der Waals surface area (Å²) in [5.41, 5.74) is 18.5. The fourth-order valence-electron chi connectivity index (χ4n) is 15.8. The average Bonchev–Trinajstić information content (AvgIpc) is 1.68. The predicted molar refractivity (Wildman–Crippen MR) is 530 cm³/mol. The van der Waals surface area contributed by atoms with E-state index < -0.39 is 0 Å². The van der Waals surface area contributed by atoms with Crippen LogP contribution in [0.3, 0.4) is 0 Å². The molecule has 25 heteroatoms. The summed E-state index contributed by atoms with van der Waals surface area (Å²) in [7, 11) is 0.